The molecule has 1 unspecified atom stereocenters. The number of piperidine rings is 1. The first-order chi connectivity index (χ1) is 16.1. The van der Waals surface area contributed by atoms with Crippen LogP contribution in [0.2, 0.25) is 5.02 Å². The molecule has 1 saturated heterocycles. The number of likely N-dealkylation sites (tertiary alicyclic amines) is 1. The molecule has 2 aromatic carbocycles. The van der Waals surface area contributed by atoms with Gasteiger partial charge in [-0.1, -0.05) is 59.2 Å². The van der Waals surface area contributed by atoms with Gasteiger partial charge >= 0.3 is 0 Å². The zero-order valence-corrected chi connectivity index (χ0v) is 20.4. The summed E-state index contributed by atoms with van der Waals surface area (Å²) < 4.78 is 5.49. The van der Waals surface area contributed by atoms with Crippen molar-refractivity contribution < 1.29 is 9.32 Å². The molecule has 1 N–H and O–H groups in total. The third kappa shape index (κ3) is 6.59. The number of rotatable bonds is 9. The van der Waals surface area contributed by atoms with E-state index in [0.29, 0.717) is 31.3 Å². The molecule has 8 heteroatoms. The molecule has 4 rings (SSSR count). The Morgan fingerprint density at radius 1 is 1.24 bits per heavy atom. The fourth-order valence-electron chi connectivity index (χ4n) is 4.05. The van der Waals surface area contributed by atoms with Crippen LogP contribution in [0.25, 0.3) is 11.4 Å². The van der Waals surface area contributed by atoms with Crippen LogP contribution in [0, 0.1) is 12.8 Å². The van der Waals surface area contributed by atoms with Gasteiger partial charge in [0.05, 0.1) is 12.5 Å². The largest absolute Gasteiger partial charge is 0.355 e. The fourth-order valence-corrected chi connectivity index (χ4v) is 5.19. The van der Waals surface area contributed by atoms with Crippen molar-refractivity contribution in [3.63, 3.8) is 0 Å². The molecule has 2 heterocycles. The van der Waals surface area contributed by atoms with E-state index in [0.717, 1.165) is 52.6 Å². The lowest BCUT2D eigenvalue weighted by Crippen LogP contribution is -2.43. The van der Waals surface area contributed by atoms with Crippen LogP contribution in [0.1, 0.15) is 29.9 Å². The molecular formula is C25H29ClN4O2S. The Labute approximate surface area is 204 Å². The van der Waals surface area contributed by atoms with Gasteiger partial charge in [-0.05, 0) is 43.5 Å². The van der Waals surface area contributed by atoms with Crippen LogP contribution in [-0.2, 0) is 17.1 Å². The van der Waals surface area contributed by atoms with Crippen molar-refractivity contribution in [2.75, 3.05) is 25.4 Å². The van der Waals surface area contributed by atoms with E-state index in [-0.39, 0.29) is 11.8 Å². The minimum Gasteiger partial charge on any atom is -0.355 e. The topological polar surface area (TPSA) is 71.3 Å². The smallest absolute Gasteiger partial charge is 0.241 e. The predicted molar refractivity (Wildman–Crippen MR) is 133 cm³/mol. The second-order valence-electron chi connectivity index (χ2n) is 8.34. The Morgan fingerprint density at radius 2 is 2.06 bits per heavy atom. The first-order valence-electron chi connectivity index (χ1n) is 11.3. The highest BCUT2D eigenvalue weighted by Crippen LogP contribution is 2.23. The van der Waals surface area contributed by atoms with Crippen LogP contribution >= 0.6 is 23.4 Å². The van der Waals surface area contributed by atoms with Gasteiger partial charge < -0.3 is 9.84 Å². The molecule has 0 bridgehead atoms. The van der Waals surface area contributed by atoms with E-state index in [1.54, 1.807) is 11.8 Å². The summed E-state index contributed by atoms with van der Waals surface area (Å²) in [6, 6.07) is 15.9. The lowest BCUT2D eigenvalue weighted by molar-refractivity contribution is -0.126. The van der Waals surface area contributed by atoms with Crippen LogP contribution in [-0.4, -0.2) is 46.3 Å². The molecule has 33 heavy (non-hydrogen) atoms. The number of nitrogens with one attached hydrogen (secondary N) is 1. The number of halogens is 1. The van der Waals surface area contributed by atoms with Gasteiger partial charge in [-0.25, -0.2) is 0 Å². The van der Waals surface area contributed by atoms with E-state index in [1.165, 1.54) is 0 Å². The summed E-state index contributed by atoms with van der Waals surface area (Å²) in [5, 5.41) is 8.04. The lowest BCUT2D eigenvalue weighted by atomic mass is 9.97. The highest BCUT2D eigenvalue weighted by atomic mass is 35.5. The fraction of sp³-hybridized carbons (Fsp3) is 0.400. The van der Waals surface area contributed by atoms with E-state index >= 15 is 0 Å². The van der Waals surface area contributed by atoms with Crippen molar-refractivity contribution in [1.82, 2.24) is 20.4 Å². The van der Waals surface area contributed by atoms with Crippen LogP contribution < -0.4 is 5.32 Å². The molecule has 1 fully saturated rings. The number of hydrogen-bond donors (Lipinski definition) is 1. The maximum absolute atomic E-state index is 12.7. The second-order valence-corrected chi connectivity index (χ2v) is 9.85. The predicted octanol–water partition coefficient (Wildman–Crippen LogP) is 4.96. The van der Waals surface area contributed by atoms with Gasteiger partial charge in [0.1, 0.15) is 0 Å². The number of carbonyl (C=O) groups is 1. The van der Waals surface area contributed by atoms with E-state index in [9.17, 15) is 4.79 Å². The quantitative estimate of drug-likeness (QED) is 0.433. The Balaban J connectivity index is 1.21. The minimum absolute atomic E-state index is 0.00826. The van der Waals surface area contributed by atoms with Crippen molar-refractivity contribution in [1.29, 1.82) is 0 Å². The average Bonchev–Trinajstić information content (AvgIpc) is 3.28. The number of thioether (sulfide) groups is 1. The Kier molecular flexibility index (Phi) is 8.42. The summed E-state index contributed by atoms with van der Waals surface area (Å²) in [4.78, 5) is 19.5. The second kappa shape index (κ2) is 11.7. The van der Waals surface area contributed by atoms with Gasteiger partial charge in [0.25, 0.3) is 0 Å². The number of benzene rings is 2. The van der Waals surface area contributed by atoms with Gasteiger partial charge in [0.2, 0.25) is 17.6 Å². The number of nitrogens with zero attached hydrogens (tertiary/aromatic N) is 3. The summed E-state index contributed by atoms with van der Waals surface area (Å²) in [6.07, 6.45) is 1.89. The van der Waals surface area contributed by atoms with Gasteiger partial charge in [0.15, 0.2) is 0 Å². The summed E-state index contributed by atoms with van der Waals surface area (Å²) in [6.45, 7) is 4.90. The first-order valence-corrected chi connectivity index (χ1v) is 12.8. The summed E-state index contributed by atoms with van der Waals surface area (Å²) in [5.74, 6) is 3.03. The molecule has 174 valence electrons. The van der Waals surface area contributed by atoms with Crippen molar-refractivity contribution in [3.8, 4) is 11.4 Å². The number of aromatic nitrogens is 2. The highest BCUT2D eigenvalue weighted by Gasteiger charge is 2.26. The van der Waals surface area contributed by atoms with Crippen molar-refractivity contribution >= 4 is 29.3 Å². The number of carbonyl (C=O) groups excluding carboxylic acids is 1. The van der Waals surface area contributed by atoms with Crippen molar-refractivity contribution in [2.45, 2.75) is 32.1 Å². The first kappa shape index (κ1) is 23.8. The molecule has 3 aromatic rings. The maximum Gasteiger partial charge on any atom is 0.241 e. The van der Waals surface area contributed by atoms with E-state index in [2.05, 4.69) is 20.4 Å². The third-order valence-electron chi connectivity index (χ3n) is 5.85. The maximum atomic E-state index is 12.7. The van der Waals surface area contributed by atoms with Gasteiger partial charge in [-0.2, -0.15) is 16.7 Å². The van der Waals surface area contributed by atoms with Gasteiger partial charge in [-0.15, -0.1) is 0 Å². The van der Waals surface area contributed by atoms with Crippen molar-refractivity contribution in [2.24, 2.45) is 5.92 Å². The highest BCUT2D eigenvalue weighted by molar-refractivity contribution is 7.98. The summed E-state index contributed by atoms with van der Waals surface area (Å²) >= 11 is 7.97. The SMILES string of the molecule is Cc1ccccc1-c1noc(CN2CCCC(C(=O)NCCSCc3ccccc3Cl)C2)n1. The Morgan fingerprint density at radius 3 is 2.91 bits per heavy atom. The van der Waals surface area contributed by atoms with Crippen LogP contribution in [0.4, 0.5) is 0 Å². The molecule has 0 spiro atoms. The number of hydrogen-bond acceptors (Lipinski definition) is 6. The standard InChI is InChI=1S/C25H29ClN4O2S/c1-18-7-2-4-10-21(18)24-28-23(32-29-24)16-30-13-6-9-19(15-30)25(31)27-12-14-33-17-20-8-3-5-11-22(20)26/h2-5,7-8,10-11,19H,6,9,12-17H2,1H3,(H,27,31). The molecular weight excluding hydrogens is 456 g/mol. The molecule has 0 radical (unpaired) electrons. The molecule has 1 atom stereocenters. The number of aryl methyl sites for hydroxylation is 1. The van der Waals surface area contributed by atoms with Crippen LogP contribution in [0.15, 0.2) is 53.1 Å². The van der Waals surface area contributed by atoms with Gasteiger partial charge in [0, 0.05) is 35.2 Å². The normalized spacial score (nSPS) is 16.6. The molecule has 0 saturated carbocycles. The van der Waals surface area contributed by atoms with E-state index in [4.69, 9.17) is 16.1 Å². The molecule has 1 amide bonds. The van der Waals surface area contributed by atoms with E-state index < -0.39 is 0 Å². The molecule has 1 aliphatic heterocycles. The van der Waals surface area contributed by atoms with Crippen LogP contribution in [0.3, 0.4) is 0 Å². The Hall–Kier alpha value is -2.35. The van der Waals surface area contributed by atoms with Crippen molar-refractivity contribution in [3.05, 3.63) is 70.6 Å². The monoisotopic (exact) mass is 484 g/mol. The van der Waals surface area contributed by atoms with Crippen LogP contribution in [0.5, 0.6) is 0 Å². The summed E-state index contributed by atoms with van der Waals surface area (Å²) in [5.41, 5.74) is 3.23. The molecule has 1 aromatic heterocycles. The zero-order chi connectivity index (χ0) is 23.0. The van der Waals surface area contributed by atoms with Gasteiger partial charge in [-0.3, -0.25) is 9.69 Å². The van der Waals surface area contributed by atoms with E-state index in [1.807, 2.05) is 55.5 Å². The lowest BCUT2D eigenvalue weighted by Gasteiger charge is -2.30. The number of amides is 1. The zero-order valence-electron chi connectivity index (χ0n) is 18.8. The average molecular weight is 485 g/mol. The molecule has 1 aliphatic rings. The molecule has 6 nitrogen and oxygen atoms in total. The molecule has 0 aliphatic carbocycles. The summed E-state index contributed by atoms with van der Waals surface area (Å²) in [7, 11) is 0. The Bertz CT molecular complexity index is 1070. The minimum atomic E-state index is -0.00826. The third-order valence-corrected chi connectivity index (χ3v) is 7.23.